The molecule has 0 aliphatic carbocycles. The van der Waals surface area contributed by atoms with Crippen LogP contribution in [0.25, 0.3) is 0 Å². The minimum absolute atomic E-state index is 0. The Bertz CT molecular complexity index is 807. The van der Waals surface area contributed by atoms with Crippen molar-refractivity contribution in [2.24, 2.45) is 7.05 Å². The molecule has 1 atom stereocenters. The van der Waals surface area contributed by atoms with Crippen LogP contribution in [0.1, 0.15) is 39.5 Å². The summed E-state index contributed by atoms with van der Waals surface area (Å²) in [5.74, 6) is 0.694. The van der Waals surface area contributed by atoms with Gasteiger partial charge in [-0.1, -0.05) is 6.07 Å². The Morgan fingerprint density at radius 1 is 1.33 bits per heavy atom. The quantitative estimate of drug-likeness (QED) is 0.861. The van der Waals surface area contributed by atoms with Gasteiger partial charge in [0.05, 0.1) is 0 Å². The molecule has 0 bridgehead atoms. The SMILES string of the molecule is CCN(C)C(=O)c1cccc(C(=O)N2CCNCC2c2nccn2C)c1.Cl. The van der Waals surface area contributed by atoms with Gasteiger partial charge in [0.2, 0.25) is 0 Å². The van der Waals surface area contributed by atoms with Crippen molar-refractivity contribution in [1.29, 1.82) is 0 Å². The van der Waals surface area contributed by atoms with Crippen LogP contribution in [0.4, 0.5) is 0 Å². The summed E-state index contributed by atoms with van der Waals surface area (Å²) in [7, 11) is 3.68. The van der Waals surface area contributed by atoms with Crippen LogP contribution in [0.15, 0.2) is 36.7 Å². The Balaban J connectivity index is 0.00000261. The Morgan fingerprint density at radius 3 is 2.74 bits per heavy atom. The lowest BCUT2D eigenvalue weighted by Crippen LogP contribution is -2.49. The summed E-state index contributed by atoms with van der Waals surface area (Å²) in [4.78, 5) is 33.5. The Hall–Kier alpha value is -2.38. The standard InChI is InChI=1S/C19H25N5O2.ClH/c1-4-22(2)18(25)14-6-5-7-15(12-14)19(26)24-11-8-20-13-16(24)17-21-9-10-23(17)3;/h5-7,9-10,12,16,20H,4,8,11,13H2,1-3H3;1H. The zero-order chi connectivity index (χ0) is 18.7. The number of imidazole rings is 1. The van der Waals surface area contributed by atoms with Gasteiger partial charge in [-0.15, -0.1) is 12.4 Å². The lowest BCUT2D eigenvalue weighted by atomic mass is 10.1. The van der Waals surface area contributed by atoms with Crippen LogP contribution in [0.3, 0.4) is 0 Å². The van der Waals surface area contributed by atoms with E-state index >= 15 is 0 Å². The molecule has 1 unspecified atom stereocenters. The first-order valence-electron chi connectivity index (χ1n) is 8.87. The average molecular weight is 392 g/mol. The van der Waals surface area contributed by atoms with Gasteiger partial charge in [0.1, 0.15) is 11.9 Å². The first-order chi connectivity index (χ1) is 12.5. The summed E-state index contributed by atoms with van der Waals surface area (Å²) in [5, 5.41) is 3.33. The number of rotatable bonds is 4. The maximum absolute atomic E-state index is 13.2. The predicted molar refractivity (Wildman–Crippen MR) is 106 cm³/mol. The summed E-state index contributed by atoms with van der Waals surface area (Å²) in [5.41, 5.74) is 1.06. The van der Waals surface area contributed by atoms with Crippen molar-refractivity contribution in [3.05, 3.63) is 53.6 Å². The second-order valence-corrected chi connectivity index (χ2v) is 6.51. The molecule has 0 saturated carbocycles. The highest BCUT2D eigenvalue weighted by molar-refractivity contribution is 5.99. The van der Waals surface area contributed by atoms with Crippen molar-refractivity contribution in [2.75, 3.05) is 33.2 Å². The number of hydrogen-bond acceptors (Lipinski definition) is 4. The molecular weight excluding hydrogens is 366 g/mol. The normalized spacial score (nSPS) is 16.6. The van der Waals surface area contributed by atoms with Crippen LogP contribution in [-0.4, -0.2) is 64.4 Å². The second-order valence-electron chi connectivity index (χ2n) is 6.51. The van der Waals surface area contributed by atoms with Gasteiger partial charge in [-0.25, -0.2) is 4.98 Å². The van der Waals surface area contributed by atoms with E-state index in [9.17, 15) is 9.59 Å². The Kier molecular flexibility index (Phi) is 6.98. The summed E-state index contributed by atoms with van der Waals surface area (Å²) in [6, 6.07) is 6.84. The maximum Gasteiger partial charge on any atom is 0.254 e. The van der Waals surface area contributed by atoms with Crippen LogP contribution in [-0.2, 0) is 7.05 Å². The van der Waals surface area contributed by atoms with E-state index in [-0.39, 0.29) is 30.3 Å². The molecule has 2 aromatic rings. The summed E-state index contributed by atoms with van der Waals surface area (Å²) >= 11 is 0. The van der Waals surface area contributed by atoms with Gasteiger partial charge in [-0.05, 0) is 25.1 Å². The van der Waals surface area contributed by atoms with Crippen molar-refractivity contribution in [3.8, 4) is 0 Å². The zero-order valence-electron chi connectivity index (χ0n) is 15.9. The van der Waals surface area contributed by atoms with E-state index in [2.05, 4.69) is 10.3 Å². The number of halogens is 1. The van der Waals surface area contributed by atoms with Crippen molar-refractivity contribution in [1.82, 2.24) is 24.7 Å². The van der Waals surface area contributed by atoms with Gasteiger partial charge in [0.15, 0.2) is 0 Å². The molecule has 1 aliphatic rings. The molecule has 1 aromatic heterocycles. The van der Waals surface area contributed by atoms with Crippen molar-refractivity contribution in [3.63, 3.8) is 0 Å². The van der Waals surface area contributed by atoms with E-state index in [0.29, 0.717) is 30.8 Å². The molecule has 0 spiro atoms. The highest BCUT2D eigenvalue weighted by Gasteiger charge is 2.31. The van der Waals surface area contributed by atoms with Gasteiger partial charge in [0.25, 0.3) is 11.8 Å². The smallest absolute Gasteiger partial charge is 0.254 e. The van der Waals surface area contributed by atoms with E-state index < -0.39 is 0 Å². The fourth-order valence-electron chi connectivity index (χ4n) is 3.19. The molecule has 1 aliphatic heterocycles. The molecular formula is C19H26ClN5O2. The molecule has 1 saturated heterocycles. The summed E-state index contributed by atoms with van der Waals surface area (Å²) in [6.07, 6.45) is 3.62. The van der Waals surface area contributed by atoms with Gasteiger partial charge in [-0.2, -0.15) is 0 Å². The van der Waals surface area contributed by atoms with Crippen molar-refractivity contribution in [2.45, 2.75) is 13.0 Å². The lowest BCUT2D eigenvalue weighted by Gasteiger charge is -2.35. The minimum Gasteiger partial charge on any atom is -0.342 e. The number of benzene rings is 1. The number of aromatic nitrogens is 2. The van der Waals surface area contributed by atoms with E-state index in [0.717, 1.165) is 12.4 Å². The molecule has 27 heavy (non-hydrogen) atoms. The Morgan fingerprint density at radius 2 is 2.07 bits per heavy atom. The summed E-state index contributed by atoms with van der Waals surface area (Å²) < 4.78 is 1.94. The summed E-state index contributed by atoms with van der Waals surface area (Å²) in [6.45, 7) is 4.54. The number of hydrogen-bond donors (Lipinski definition) is 1. The monoisotopic (exact) mass is 391 g/mol. The second kappa shape index (κ2) is 9.01. The van der Waals surface area contributed by atoms with E-state index in [4.69, 9.17) is 0 Å². The van der Waals surface area contributed by atoms with Crippen molar-refractivity contribution >= 4 is 24.2 Å². The predicted octanol–water partition coefficient (Wildman–Crippen LogP) is 1.72. The largest absolute Gasteiger partial charge is 0.342 e. The van der Waals surface area contributed by atoms with Crippen LogP contribution >= 0.6 is 12.4 Å². The van der Waals surface area contributed by atoms with Gasteiger partial charge < -0.3 is 19.7 Å². The molecule has 8 heteroatoms. The van der Waals surface area contributed by atoms with Crippen molar-refractivity contribution < 1.29 is 9.59 Å². The molecule has 7 nitrogen and oxygen atoms in total. The fourth-order valence-corrected chi connectivity index (χ4v) is 3.19. The van der Waals surface area contributed by atoms with Gasteiger partial charge in [0, 0.05) is 63.8 Å². The molecule has 1 N–H and O–H groups in total. The third-order valence-corrected chi connectivity index (χ3v) is 4.84. The molecule has 2 heterocycles. The highest BCUT2D eigenvalue weighted by atomic mass is 35.5. The zero-order valence-corrected chi connectivity index (χ0v) is 16.7. The third kappa shape index (κ3) is 4.31. The van der Waals surface area contributed by atoms with Gasteiger partial charge >= 0.3 is 0 Å². The fraction of sp³-hybridized carbons (Fsp3) is 0.421. The number of amides is 2. The number of piperazine rings is 1. The minimum atomic E-state index is -0.131. The molecule has 1 fully saturated rings. The third-order valence-electron chi connectivity index (χ3n) is 4.84. The first-order valence-corrected chi connectivity index (χ1v) is 8.87. The Labute approximate surface area is 165 Å². The van der Waals surface area contributed by atoms with Crippen LogP contribution in [0.2, 0.25) is 0 Å². The van der Waals surface area contributed by atoms with E-state index in [1.165, 1.54) is 0 Å². The van der Waals surface area contributed by atoms with Gasteiger partial charge in [-0.3, -0.25) is 9.59 Å². The number of nitrogens with one attached hydrogen (secondary N) is 1. The number of carbonyl (C=O) groups is 2. The molecule has 0 radical (unpaired) electrons. The van der Waals surface area contributed by atoms with Crippen LogP contribution in [0, 0.1) is 0 Å². The van der Waals surface area contributed by atoms with E-state index in [1.807, 2.05) is 29.6 Å². The van der Waals surface area contributed by atoms with Crippen LogP contribution in [0.5, 0.6) is 0 Å². The first kappa shape index (κ1) is 20.9. The molecule has 3 rings (SSSR count). The van der Waals surface area contributed by atoms with Crippen LogP contribution < -0.4 is 5.32 Å². The maximum atomic E-state index is 13.2. The lowest BCUT2D eigenvalue weighted by molar-refractivity contribution is 0.0621. The molecule has 1 aromatic carbocycles. The highest BCUT2D eigenvalue weighted by Crippen LogP contribution is 2.23. The van der Waals surface area contributed by atoms with E-state index in [1.54, 1.807) is 42.4 Å². The average Bonchev–Trinajstić information content (AvgIpc) is 3.12. The molecule has 146 valence electrons. The number of nitrogens with zero attached hydrogens (tertiary/aromatic N) is 4. The molecule has 2 amide bonds. The number of aryl methyl sites for hydroxylation is 1. The topological polar surface area (TPSA) is 70.5 Å². The number of carbonyl (C=O) groups excluding carboxylic acids is 2.